The van der Waals surface area contributed by atoms with E-state index < -0.39 is 0 Å². The van der Waals surface area contributed by atoms with E-state index in [0.29, 0.717) is 19.3 Å². The highest BCUT2D eigenvalue weighted by Crippen LogP contribution is 2.34. The number of fused-ring (bicyclic) bond motifs is 1. The Kier molecular flexibility index (Phi) is 4.46. The topological polar surface area (TPSA) is 30.5 Å². The van der Waals surface area contributed by atoms with Gasteiger partial charge in [-0.1, -0.05) is 31.4 Å². The second-order valence-corrected chi connectivity index (χ2v) is 6.01. The molecule has 0 bridgehead atoms. The van der Waals surface area contributed by atoms with Crippen molar-refractivity contribution in [2.24, 2.45) is 5.92 Å². The summed E-state index contributed by atoms with van der Waals surface area (Å²) in [7, 11) is 0. The number of benzene rings is 1. The highest BCUT2D eigenvalue weighted by Gasteiger charge is 2.21. The molecule has 2 aliphatic rings. The smallest absolute Gasteiger partial charge is 0.165 e. The van der Waals surface area contributed by atoms with Crippen LogP contribution in [-0.4, -0.2) is 19.3 Å². The summed E-state index contributed by atoms with van der Waals surface area (Å²) in [5.41, 5.74) is 1.21. The minimum Gasteiger partial charge on any atom is -0.486 e. The van der Waals surface area contributed by atoms with Crippen LogP contribution in [0.1, 0.15) is 44.6 Å². The Bertz CT molecular complexity index is 441. The van der Waals surface area contributed by atoms with Crippen molar-refractivity contribution in [3.05, 3.63) is 23.8 Å². The van der Waals surface area contributed by atoms with E-state index in [0.717, 1.165) is 24.0 Å². The maximum absolute atomic E-state index is 5.77. The van der Waals surface area contributed by atoms with Gasteiger partial charge in [0.1, 0.15) is 13.2 Å². The zero-order chi connectivity index (χ0) is 13.8. The fourth-order valence-corrected chi connectivity index (χ4v) is 3.35. The number of nitrogens with one attached hydrogen (secondary N) is 1. The number of ether oxygens (including phenoxy) is 2. The Morgan fingerprint density at radius 2 is 1.95 bits per heavy atom. The summed E-state index contributed by atoms with van der Waals surface area (Å²) in [6.07, 6.45) is 6.96. The predicted octanol–water partition coefficient (Wildman–Crippen LogP) is 3.52. The van der Waals surface area contributed by atoms with Gasteiger partial charge in [0.15, 0.2) is 11.5 Å². The van der Waals surface area contributed by atoms with Crippen LogP contribution in [0, 0.1) is 5.92 Å². The van der Waals surface area contributed by atoms with Crippen molar-refractivity contribution in [3.8, 4) is 11.5 Å². The maximum Gasteiger partial charge on any atom is 0.165 e. The molecule has 3 rings (SSSR count). The molecule has 3 nitrogen and oxygen atoms in total. The Labute approximate surface area is 121 Å². The number of rotatable bonds is 4. The van der Waals surface area contributed by atoms with Gasteiger partial charge in [-0.15, -0.1) is 0 Å². The van der Waals surface area contributed by atoms with Crippen molar-refractivity contribution in [2.75, 3.05) is 13.2 Å². The largest absolute Gasteiger partial charge is 0.486 e. The van der Waals surface area contributed by atoms with Gasteiger partial charge in [-0.25, -0.2) is 0 Å². The molecule has 1 saturated carbocycles. The van der Waals surface area contributed by atoms with Gasteiger partial charge < -0.3 is 14.8 Å². The normalized spacial score (nSPS) is 20.6. The number of hydrogen-bond donors (Lipinski definition) is 1. The number of hydrogen-bond acceptors (Lipinski definition) is 3. The van der Waals surface area contributed by atoms with E-state index >= 15 is 0 Å². The molecule has 0 spiro atoms. The molecular formula is C17H25NO2. The van der Waals surface area contributed by atoms with E-state index in [2.05, 4.69) is 24.4 Å². The first kappa shape index (κ1) is 13.7. The molecule has 0 aromatic heterocycles. The van der Waals surface area contributed by atoms with Crippen molar-refractivity contribution in [1.82, 2.24) is 5.32 Å². The van der Waals surface area contributed by atoms with Gasteiger partial charge in [-0.3, -0.25) is 0 Å². The summed E-state index contributed by atoms with van der Waals surface area (Å²) < 4.78 is 11.4. The molecule has 1 N–H and O–H groups in total. The molecule has 0 radical (unpaired) electrons. The molecular weight excluding hydrogens is 250 g/mol. The highest BCUT2D eigenvalue weighted by molar-refractivity contribution is 5.47. The lowest BCUT2D eigenvalue weighted by Crippen LogP contribution is -2.34. The minimum atomic E-state index is 0.579. The number of para-hydroxylation sites is 1. The molecule has 0 saturated heterocycles. The molecule has 1 aliphatic carbocycles. The van der Waals surface area contributed by atoms with Gasteiger partial charge in [0, 0.05) is 18.2 Å². The molecule has 1 atom stereocenters. The Morgan fingerprint density at radius 1 is 1.15 bits per heavy atom. The zero-order valence-electron chi connectivity index (χ0n) is 12.4. The first-order valence-electron chi connectivity index (χ1n) is 7.95. The third-order valence-electron chi connectivity index (χ3n) is 4.62. The van der Waals surface area contributed by atoms with Crippen molar-refractivity contribution in [3.63, 3.8) is 0 Å². The van der Waals surface area contributed by atoms with Gasteiger partial charge in [0.2, 0.25) is 0 Å². The predicted molar refractivity (Wildman–Crippen MR) is 80.3 cm³/mol. The zero-order valence-corrected chi connectivity index (χ0v) is 12.4. The van der Waals surface area contributed by atoms with Gasteiger partial charge >= 0.3 is 0 Å². The summed E-state index contributed by atoms with van der Waals surface area (Å²) >= 11 is 0. The van der Waals surface area contributed by atoms with E-state index in [-0.39, 0.29) is 0 Å². The van der Waals surface area contributed by atoms with Crippen LogP contribution in [0.2, 0.25) is 0 Å². The van der Waals surface area contributed by atoms with Crippen molar-refractivity contribution in [1.29, 1.82) is 0 Å². The highest BCUT2D eigenvalue weighted by atomic mass is 16.6. The molecule has 0 amide bonds. The van der Waals surface area contributed by atoms with Crippen LogP contribution in [0.25, 0.3) is 0 Å². The second kappa shape index (κ2) is 6.49. The lowest BCUT2D eigenvalue weighted by Gasteiger charge is -2.29. The molecule has 1 aromatic carbocycles. The van der Waals surface area contributed by atoms with Crippen molar-refractivity contribution < 1.29 is 9.47 Å². The molecule has 110 valence electrons. The van der Waals surface area contributed by atoms with Gasteiger partial charge in [0.25, 0.3) is 0 Å². The fraction of sp³-hybridized carbons (Fsp3) is 0.647. The molecule has 0 unspecified atom stereocenters. The molecule has 20 heavy (non-hydrogen) atoms. The SMILES string of the molecule is C[C@H](NCc1cccc2c1OCCO2)C1CCCCC1. The van der Waals surface area contributed by atoms with Gasteiger partial charge in [0.05, 0.1) is 0 Å². The standard InChI is InChI=1S/C17H25NO2/c1-13(14-6-3-2-4-7-14)18-12-15-8-5-9-16-17(15)20-11-10-19-16/h5,8-9,13-14,18H,2-4,6-7,10-12H2,1H3/t13-/m0/s1. The monoisotopic (exact) mass is 275 g/mol. The summed E-state index contributed by atoms with van der Waals surface area (Å²) in [6, 6.07) is 6.75. The van der Waals surface area contributed by atoms with Crippen molar-refractivity contribution >= 4 is 0 Å². The van der Waals surface area contributed by atoms with E-state index in [9.17, 15) is 0 Å². The Morgan fingerprint density at radius 3 is 2.80 bits per heavy atom. The third kappa shape index (κ3) is 3.09. The average molecular weight is 275 g/mol. The summed E-state index contributed by atoms with van der Waals surface area (Å²) in [5, 5.41) is 3.68. The Balaban J connectivity index is 1.60. The summed E-state index contributed by atoms with van der Waals surface area (Å²) in [4.78, 5) is 0. The summed E-state index contributed by atoms with van der Waals surface area (Å²) in [5.74, 6) is 2.66. The summed E-state index contributed by atoms with van der Waals surface area (Å²) in [6.45, 7) is 4.50. The van der Waals surface area contributed by atoms with Gasteiger partial charge in [-0.05, 0) is 31.7 Å². The van der Waals surface area contributed by atoms with Crippen LogP contribution in [-0.2, 0) is 6.54 Å². The van der Waals surface area contributed by atoms with E-state index in [1.165, 1.54) is 37.7 Å². The molecule has 1 aromatic rings. The van der Waals surface area contributed by atoms with E-state index in [1.54, 1.807) is 0 Å². The van der Waals surface area contributed by atoms with Gasteiger partial charge in [-0.2, -0.15) is 0 Å². The maximum atomic E-state index is 5.77. The minimum absolute atomic E-state index is 0.579. The second-order valence-electron chi connectivity index (χ2n) is 6.01. The molecule has 1 aliphatic heterocycles. The molecule has 1 heterocycles. The first-order valence-corrected chi connectivity index (χ1v) is 7.95. The van der Waals surface area contributed by atoms with Crippen LogP contribution in [0.4, 0.5) is 0 Å². The van der Waals surface area contributed by atoms with Crippen LogP contribution in [0.3, 0.4) is 0 Å². The lowest BCUT2D eigenvalue weighted by atomic mass is 9.84. The van der Waals surface area contributed by atoms with Crippen LogP contribution >= 0.6 is 0 Å². The van der Waals surface area contributed by atoms with Crippen LogP contribution in [0.15, 0.2) is 18.2 Å². The average Bonchev–Trinajstić information content (AvgIpc) is 2.53. The quantitative estimate of drug-likeness (QED) is 0.912. The van der Waals surface area contributed by atoms with Crippen LogP contribution < -0.4 is 14.8 Å². The van der Waals surface area contributed by atoms with Crippen molar-refractivity contribution in [2.45, 2.75) is 51.6 Å². The fourth-order valence-electron chi connectivity index (χ4n) is 3.35. The third-order valence-corrected chi connectivity index (χ3v) is 4.62. The van der Waals surface area contributed by atoms with E-state index in [1.807, 2.05) is 6.07 Å². The lowest BCUT2D eigenvalue weighted by molar-refractivity contribution is 0.169. The van der Waals surface area contributed by atoms with Crippen LogP contribution in [0.5, 0.6) is 11.5 Å². The molecule has 1 fully saturated rings. The first-order chi connectivity index (χ1) is 9.84. The Hall–Kier alpha value is -1.22. The van der Waals surface area contributed by atoms with E-state index in [4.69, 9.17) is 9.47 Å². The molecule has 3 heteroatoms.